The van der Waals surface area contributed by atoms with E-state index in [0.717, 1.165) is 6.42 Å². The Morgan fingerprint density at radius 3 is 2.38 bits per heavy atom. The van der Waals surface area contributed by atoms with Crippen molar-refractivity contribution in [3.8, 4) is 0 Å². The minimum Gasteiger partial charge on any atom is -0.390 e. The van der Waals surface area contributed by atoms with Crippen LogP contribution in [0.15, 0.2) is 0 Å². The quantitative estimate of drug-likeness (QED) is 0.660. The second-order valence-corrected chi connectivity index (χ2v) is 3.41. The smallest absolute Gasteiger partial charge is 0.0825 e. The first-order valence-corrected chi connectivity index (χ1v) is 4.92. The van der Waals surface area contributed by atoms with Crippen molar-refractivity contribution in [3.05, 3.63) is 0 Å². The van der Waals surface area contributed by atoms with Crippen molar-refractivity contribution < 1.29 is 14.6 Å². The number of hydrogen-bond donors (Lipinski definition) is 1. The first-order valence-electron chi connectivity index (χ1n) is 4.92. The third kappa shape index (κ3) is 5.24. The highest BCUT2D eigenvalue weighted by molar-refractivity contribution is 4.70. The molecular weight excluding hydrogens is 168 g/mol. The van der Waals surface area contributed by atoms with E-state index in [1.165, 1.54) is 0 Å². The topological polar surface area (TPSA) is 38.7 Å². The highest BCUT2D eigenvalue weighted by atomic mass is 16.5. The van der Waals surface area contributed by atoms with Crippen LogP contribution in [0.1, 0.15) is 27.2 Å². The van der Waals surface area contributed by atoms with Gasteiger partial charge in [-0.05, 0) is 26.2 Å². The molecule has 0 aliphatic carbocycles. The van der Waals surface area contributed by atoms with Crippen molar-refractivity contribution in [1.82, 2.24) is 0 Å². The molecule has 3 atom stereocenters. The van der Waals surface area contributed by atoms with Gasteiger partial charge in [-0.15, -0.1) is 0 Å². The molecular formula is C10H22O3. The summed E-state index contributed by atoms with van der Waals surface area (Å²) in [5.41, 5.74) is 0. The van der Waals surface area contributed by atoms with Crippen LogP contribution in [0.2, 0.25) is 0 Å². The van der Waals surface area contributed by atoms with E-state index < -0.39 is 6.10 Å². The van der Waals surface area contributed by atoms with Crippen molar-refractivity contribution in [2.45, 2.75) is 39.4 Å². The molecule has 0 spiro atoms. The van der Waals surface area contributed by atoms with Crippen LogP contribution in [0, 0.1) is 5.92 Å². The molecule has 0 aromatic heterocycles. The fourth-order valence-corrected chi connectivity index (χ4v) is 1.30. The summed E-state index contributed by atoms with van der Waals surface area (Å²) in [6, 6.07) is 0. The van der Waals surface area contributed by atoms with Crippen molar-refractivity contribution in [3.63, 3.8) is 0 Å². The predicted octanol–water partition coefficient (Wildman–Crippen LogP) is 1.44. The van der Waals surface area contributed by atoms with Crippen LogP contribution < -0.4 is 0 Å². The molecule has 0 saturated heterocycles. The molecule has 0 aromatic carbocycles. The summed E-state index contributed by atoms with van der Waals surface area (Å²) in [6.07, 6.45) is 0.390. The summed E-state index contributed by atoms with van der Waals surface area (Å²) in [6.45, 7) is 7.19. The average molecular weight is 190 g/mol. The molecule has 13 heavy (non-hydrogen) atoms. The van der Waals surface area contributed by atoms with Crippen molar-refractivity contribution in [2.24, 2.45) is 5.92 Å². The van der Waals surface area contributed by atoms with Gasteiger partial charge in [0.05, 0.1) is 12.2 Å². The van der Waals surface area contributed by atoms with Gasteiger partial charge in [-0.25, -0.2) is 0 Å². The number of hydrogen-bond acceptors (Lipinski definition) is 3. The van der Waals surface area contributed by atoms with Crippen molar-refractivity contribution in [1.29, 1.82) is 0 Å². The molecule has 0 aliphatic heterocycles. The maximum absolute atomic E-state index is 9.76. The van der Waals surface area contributed by atoms with E-state index in [-0.39, 0.29) is 12.0 Å². The number of aliphatic hydroxyl groups is 1. The lowest BCUT2D eigenvalue weighted by molar-refractivity contribution is -0.0495. The minimum atomic E-state index is -0.393. The zero-order valence-corrected chi connectivity index (χ0v) is 9.12. The van der Waals surface area contributed by atoms with E-state index in [1.807, 2.05) is 20.8 Å². The summed E-state index contributed by atoms with van der Waals surface area (Å²) in [5, 5.41) is 9.76. The third-order valence-corrected chi connectivity index (χ3v) is 2.27. The van der Waals surface area contributed by atoms with Crippen molar-refractivity contribution in [2.75, 3.05) is 20.3 Å². The minimum absolute atomic E-state index is 0.0862. The monoisotopic (exact) mass is 190 g/mol. The van der Waals surface area contributed by atoms with Crippen LogP contribution in [-0.4, -0.2) is 37.6 Å². The summed E-state index contributed by atoms with van der Waals surface area (Å²) in [4.78, 5) is 0. The Morgan fingerprint density at radius 2 is 1.92 bits per heavy atom. The molecule has 3 nitrogen and oxygen atoms in total. The van der Waals surface area contributed by atoms with Gasteiger partial charge in [-0.1, -0.05) is 6.92 Å². The molecule has 80 valence electrons. The van der Waals surface area contributed by atoms with E-state index >= 15 is 0 Å². The van der Waals surface area contributed by atoms with E-state index in [9.17, 15) is 5.11 Å². The van der Waals surface area contributed by atoms with Gasteiger partial charge in [0.2, 0.25) is 0 Å². The number of aliphatic hydroxyl groups excluding tert-OH is 1. The van der Waals surface area contributed by atoms with E-state index in [4.69, 9.17) is 9.47 Å². The maximum Gasteiger partial charge on any atom is 0.0825 e. The Bertz CT molecular complexity index is 117. The fourth-order valence-electron chi connectivity index (χ4n) is 1.30. The van der Waals surface area contributed by atoms with Gasteiger partial charge in [0, 0.05) is 20.3 Å². The lowest BCUT2D eigenvalue weighted by Crippen LogP contribution is -2.32. The highest BCUT2D eigenvalue weighted by Crippen LogP contribution is 2.13. The lowest BCUT2D eigenvalue weighted by atomic mass is 9.97. The van der Waals surface area contributed by atoms with Crippen molar-refractivity contribution >= 4 is 0 Å². The Balaban J connectivity index is 3.71. The van der Waals surface area contributed by atoms with Gasteiger partial charge >= 0.3 is 0 Å². The van der Waals surface area contributed by atoms with E-state index in [0.29, 0.717) is 13.2 Å². The Morgan fingerprint density at radius 1 is 1.31 bits per heavy atom. The van der Waals surface area contributed by atoms with Gasteiger partial charge < -0.3 is 14.6 Å². The molecule has 0 bridgehead atoms. The molecule has 0 heterocycles. The molecule has 0 rings (SSSR count). The number of rotatable bonds is 7. The Hall–Kier alpha value is -0.120. The lowest BCUT2D eigenvalue weighted by Gasteiger charge is -2.24. The molecule has 0 radical (unpaired) electrons. The second kappa shape index (κ2) is 7.30. The molecule has 0 fully saturated rings. The van der Waals surface area contributed by atoms with Crippen LogP contribution in [0.3, 0.4) is 0 Å². The molecule has 0 aromatic rings. The number of ether oxygens (including phenoxy) is 2. The Labute approximate surface area is 81.0 Å². The average Bonchev–Trinajstić information content (AvgIpc) is 2.13. The molecule has 3 heteroatoms. The van der Waals surface area contributed by atoms with E-state index in [1.54, 1.807) is 7.11 Å². The van der Waals surface area contributed by atoms with Gasteiger partial charge in [-0.3, -0.25) is 0 Å². The maximum atomic E-state index is 9.76. The SMILES string of the molecule is CCOC(C)C(O)C(C)CCOC. The van der Waals surface area contributed by atoms with Crippen LogP contribution in [0.5, 0.6) is 0 Å². The molecule has 0 aliphatic rings. The summed E-state index contributed by atoms with van der Waals surface area (Å²) < 4.78 is 10.3. The molecule has 3 unspecified atom stereocenters. The largest absolute Gasteiger partial charge is 0.390 e. The normalized spacial score (nSPS) is 18.2. The van der Waals surface area contributed by atoms with Gasteiger partial charge in [0.25, 0.3) is 0 Å². The molecule has 0 saturated carbocycles. The summed E-state index contributed by atoms with van der Waals surface area (Å²) >= 11 is 0. The summed E-state index contributed by atoms with van der Waals surface area (Å²) in [7, 11) is 1.67. The third-order valence-electron chi connectivity index (χ3n) is 2.27. The number of methoxy groups -OCH3 is 1. The van der Waals surface area contributed by atoms with Crippen LogP contribution >= 0.6 is 0 Å². The first-order chi connectivity index (χ1) is 6.13. The summed E-state index contributed by atoms with van der Waals surface area (Å²) in [5.74, 6) is 0.224. The fraction of sp³-hybridized carbons (Fsp3) is 1.00. The highest BCUT2D eigenvalue weighted by Gasteiger charge is 2.20. The Kier molecular flexibility index (Phi) is 7.23. The standard InChI is InChI=1S/C10H22O3/c1-5-13-9(3)10(11)8(2)6-7-12-4/h8-11H,5-7H2,1-4H3. The zero-order chi connectivity index (χ0) is 10.3. The van der Waals surface area contributed by atoms with Gasteiger partial charge in [0.15, 0.2) is 0 Å². The zero-order valence-electron chi connectivity index (χ0n) is 9.12. The van der Waals surface area contributed by atoms with Crippen LogP contribution in [0.4, 0.5) is 0 Å². The van der Waals surface area contributed by atoms with Gasteiger partial charge in [0.1, 0.15) is 0 Å². The predicted molar refractivity (Wildman–Crippen MR) is 52.8 cm³/mol. The van der Waals surface area contributed by atoms with Crippen LogP contribution in [-0.2, 0) is 9.47 Å². The molecule has 0 amide bonds. The van der Waals surface area contributed by atoms with E-state index in [2.05, 4.69) is 0 Å². The van der Waals surface area contributed by atoms with Crippen LogP contribution in [0.25, 0.3) is 0 Å². The molecule has 1 N–H and O–H groups in total. The van der Waals surface area contributed by atoms with Gasteiger partial charge in [-0.2, -0.15) is 0 Å². The second-order valence-electron chi connectivity index (χ2n) is 3.41. The first kappa shape index (κ1) is 12.9.